The molecule has 0 spiro atoms. The van der Waals surface area contributed by atoms with Crippen LogP contribution in [0.4, 0.5) is 5.69 Å². The maximum Gasteiger partial charge on any atom is 0.275 e. The zero-order chi connectivity index (χ0) is 16.4. The lowest BCUT2D eigenvalue weighted by Gasteiger charge is -2.36. The number of para-hydroxylation sites is 2. The Labute approximate surface area is 143 Å². The molecule has 122 valence electrons. The fraction of sp³-hybridized carbons (Fsp3) is 0.375. The van der Waals surface area contributed by atoms with Gasteiger partial charge in [-0.3, -0.25) is 9.89 Å². The van der Waals surface area contributed by atoms with Crippen LogP contribution >= 0.6 is 15.9 Å². The number of nitrogens with one attached hydrogen (secondary N) is 1. The number of piperazine rings is 1. The summed E-state index contributed by atoms with van der Waals surface area (Å²) < 4.78 is 6.16. The van der Waals surface area contributed by atoms with Crippen molar-refractivity contribution in [1.82, 2.24) is 15.1 Å². The van der Waals surface area contributed by atoms with Crippen LogP contribution < -0.4 is 9.64 Å². The highest BCUT2D eigenvalue weighted by molar-refractivity contribution is 9.10. The third kappa shape index (κ3) is 3.06. The lowest BCUT2D eigenvalue weighted by atomic mass is 10.2. The van der Waals surface area contributed by atoms with E-state index in [0.717, 1.165) is 34.7 Å². The van der Waals surface area contributed by atoms with E-state index in [1.54, 1.807) is 7.11 Å². The van der Waals surface area contributed by atoms with Gasteiger partial charge in [0.15, 0.2) is 5.69 Å². The fourth-order valence-electron chi connectivity index (χ4n) is 2.75. The second-order valence-corrected chi connectivity index (χ2v) is 6.26. The molecule has 1 N–H and O–H groups in total. The minimum Gasteiger partial charge on any atom is -0.495 e. The number of amides is 1. The summed E-state index contributed by atoms with van der Waals surface area (Å²) in [7, 11) is 1.68. The molecule has 1 aromatic heterocycles. The number of aromatic amines is 1. The number of rotatable bonds is 3. The Balaban J connectivity index is 1.69. The third-order valence-electron chi connectivity index (χ3n) is 4.07. The molecule has 23 heavy (non-hydrogen) atoms. The Bertz CT molecular complexity index is 708. The molecular formula is C16H19BrN4O2. The van der Waals surface area contributed by atoms with Crippen LogP contribution in [0, 0.1) is 6.92 Å². The van der Waals surface area contributed by atoms with E-state index in [-0.39, 0.29) is 5.91 Å². The maximum absolute atomic E-state index is 12.6. The minimum absolute atomic E-state index is 0.0408. The Hall–Kier alpha value is -2.02. The van der Waals surface area contributed by atoms with Crippen LogP contribution in [-0.4, -0.2) is 54.3 Å². The highest BCUT2D eigenvalue weighted by Gasteiger charge is 2.26. The zero-order valence-corrected chi connectivity index (χ0v) is 14.8. The molecule has 2 heterocycles. The standard InChI is InChI=1S/C16H19BrN4O2/c1-11-14(17)15(19-18-11)16(22)21-9-7-20(8-10-21)12-5-3-4-6-13(12)23-2/h3-6H,7-10H2,1-2H3,(H,18,19). The van der Waals surface area contributed by atoms with Gasteiger partial charge in [-0.2, -0.15) is 5.10 Å². The van der Waals surface area contributed by atoms with Crippen LogP contribution in [0.2, 0.25) is 0 Å². The van der Waals surface area contributed by atoms with Crippen LogP contribution in [0.1, 0.15) is 16.2 Å². The van der Waals surface area contributed by atoms with E-state index in [0.29, 0.717) is 18.8 Å². The fourth-order valence-corrected chi connectivity index (χ4v) is 3.10. The van der Waals surface area contributed by atoms with Crippen molar-refractivity contribution < 1.29 is 9.53 Å². The van der Waals surface area contributed by atoms with Crippen molar-refractivity contribution in [3.63, 3.8) is 0 Å². The molecule has 2 aromatic rings. The minimum atomic E-state index is -0.0408. The van der Waals surface area contributed by atoms with Gasteiger partial charge in [-0.05, 0) is 35.0 Å². The van der Waals surface area contributed by atoms with Gasteiger partial charge in [-0.25, -0.2) is 0 Å². The molecule has 0 radical (unpaired) electrons. The van der Waals surface area contributed by atoms with E-state index in [1.807, 2.05) is 36.1 Å². The molecule has 1 fully saturated rings. The molecular weight excluding hydrogens is 360 g/mol. The van der Waals surface area contributed by atoms with Gasteiger partial charge in [0.1, 0.15) is 5.75 Å². The zero-order valence-electron chi connectivity index (χ0n) is 13.2. The number of benzene rings is 1. The molecule has 0 saturated carbocycles. The smallest absolute Gasteiger partial charge is 0.275 e. The molecule has 0 atom stereocenters. The van der Waals surface area contributed by atoms with E-state index in [4.69, 9.17) is 4.74 Å². The first kappa shape index (κ1) is 15.9. The lowest BCUT2D eigenvalue weighted by Crippen LogP contribution is -2.49. The Kier molecular flexibility index (Phi) is 4.56. The average molecular weight is 379 g/mol. The van der Waals surface area contributed by atoms with Crippen LogP contribution in [0.15, 0.2) is 28.7 Å². The van der Waals surface area contributed by atoms with Crippen molar-refractivity contribution in [3.05, 3.63) is 40.1 Å². The van der Waals surface area contributed by atoms with E-state index >= 15 is 0 Å². The number of hydrogen-bond donors (Lipinski definition) is 1. The molecule has 1 aliphatic rings. The topological polar surface area (TPSA) is 61.5 Å². The van der Waals surface area contributed by atoms with Crippen molar-refractivity contribution in [1.29, 1.82) is 0 Å². The van der Waals surface area contributed by atoms with Crippen molar-refractivity contribution >= 4 is 27.5 Å². The van der Waals surface area contributed by atoms with Crippen molar-refractivity contribution in [2.24, 2.45) is 0 Å². The largest absolute Gasteiger partial charge is 0.495 e. The summed E-state index contributed by atoms with van der Waals surface area (Å²) in [5.74, 6) is 0.818. The summed E-state index contributed by atoms with van der Waals surface area (Å²) in [6.07, 6.45) is 0. The van der Waals surface area contributed by atoms with E-state index in [1.165, 1.54) is 0 Å². The molecule has 0 aliphatic carbocycles. The molecule has 1 saturated heterocycles. The lowest BCUT2D eigenvalue weighted by molar-refractivity contribution is 0.0740. The molecule has 0 bridgehead atoms. The van der Waals surface area contributed by atoms with Crippen LogP contribution in [-0.2, 0) is 0 Å². The number of anilines is 1. The highest BCUT2D eigenvalue weighted by atomic mass is 79.9. The Morgan fingerprint density at radius 1 is 1.26 bits per heavy atom. The average Bonchev–Trinajstić information content (AvgIpc) is 2.93. The van der Waals surface area contributed by atoms with Crippen LogP contribution in [0.5, 0.6) is 5.75 Å². The number of halogens is 1. The molecule has 1 aromatic carbocycles. The first-order valence-electron chi connectivity index (χ1n) is 7.49. The van der Waals surface area contributed by atoms with Crippen molar-refractivity contribution in [2.45, 2.75) is 6.92 Å². The SMILES string of the molecule is COc1ccccc1N1CCN(C(=O)c2n[nH]c(C)c2Br)CC1. The number of hydrogen-bond acceptors (Lipinski definition) is 4. The van der Waals surface area contributed by atoms with Crippen LogP contribution in [0.3, 0.4) is 0 Å². The van der Waals surface area contributed by atoms with E-state index < -0.39 is 0 Å². The quantitative estimate of drug-likeness (QED) is 0.890. The second-order valence-electron chi connectivity index (χ2n) is 5.46. The first-order chi connectivity index (χ1) is 11.1. The number of H-pyrrole nitrogens is 1. The molecule has 1 amide bonds. The van der Waals surface area contributed by atoms with Gasteiger partial charge >= 0.3 is 0 Å². The van der Waals surface area contributed by atoms with Crippen molar-refractivity contribution in [3.8, 4) is 5.75 Å². The van der Waals surface area contributed by atoms with Gasteiger partial charge in [0.05, 0.1) is 17.3 Å². The Morgan fingerprint density at radius 2 is 1.96 bits per heavy atom. The van der Waals surface area contributed by atoms with Gasteiger partial charge in [-0.1, -0.05) is 12.1 Å². The van der Waals surface area contributed by atoms with Gasteiger partial charge in [-0.15, -0.1) is 0 Å². The molecule has 0 unspecified atom stereocenters. The number of nitrogens with zero attached hydrogens (tertiary/aromatic N) is 3. The third-order valence-corrected chi connectivity index (χ3v) is 5.04. The predicted molar refractivity (Wildman–Crippen MR) is 92.1 cm³/mol. The number of methoxy groups -OCH3 is 1. The summed E-state index contributed by atoms with van der Waals surface area (Å²) in [5.41, 5.74) is 2.38. The van der Waals surface area contributed by atoms with E-state index in [2.05, 4.69) is 31.0 Å². The molecule has 3 rings (SSSR count). The normalized spacial score (nSPS) is 14.9. The van der Waals surface area contributed by atoms with Gasteiger partial charge in [0.25, 0.3) is 5.91 Å². The highest BCUT2D eigenvalue weighted by Crippen LogP contribution is 2.28. The first-order valence-corrected chi connectivity index (χ1v) is 8.29. The van der Waals surface area contributed by atoms with E-state index in [9.17, 15) is 4.79 Å². The van der Waals surface area contributed by atoms with Gasteiger partial charge < -0.3 is 14.5 Å². The summed E-state index contributed by atoms with van der Waals surface area (Å²) >= 11 is 3.42. The summed E-state index contributed by atoms with van der Waals surface area (Å²) in [5, 5.41) is 6.93. The summed E-state index contributed by atoms with van der Waals surface area (Å²) in [6, 6.07) is 7.96. The number of ether oxygens (including phenoxy) is 1. The number of carbonyl (C=O) groups is 1. The predicted octanol–water partition coefficient (Wildman–Crippen LogP) is 2.45. The number of aromatic nitrogens is 2. The molecule has 1 aliphatic heterocycles. The molecule has 6 nitrogen and oxygen atoms in total. The number of aryl methyl sites for hydroxylation is 1. The monoisotopic (exact) mass is 378 g/mol. The maximum atomic E-state index is 12.6. The molecule has 7 heteroatoms. The summed E-state index contributed by atoms with van der Waals surface area (Å²) in [6.45, 7) is 4.75. The number of carbonyl (C=O) groups excluding carboxylic acids is 1. The van der Waals surface area contributed by atoms with Gasteiger partial charge in [0, 0.05) is 31.9 Å². The van der Waals surface area contributed by atoms with Crippen LogP contribution in [0.25, 0.3) is 0 Å². The van der Waals surface area contributed by atoms with Gasteiger partial charge in [0.2, 0.25) is 0 Å². The summed E-state index contributed by atoms with van der Waals surface area (Å²) in [4.78, 5) is 16.7. The Morgan fingerprint density at radius 3 is 2.57 bits per heavy atom. The van der Waals surface area contributed by atoms with Crippen molar-refractivity contribution in [2.75, 3.05) is 38.2 Å². The second kappa shape index (κ2) is 6.62.